The lowest BCUT2D eigenvalue weighted by atomic mass is 10.1. The van der Waals surface area contributed by atoms with Gasteiger partial charge in [-0.1, -0.05) is 0 Å². The number of nitrogens with one attached hydrogen (secondary N) is 2. The lowest BCUT2D eigenvalue weighted by molar-refractivity contribution is 0.708. The normalized spacial score (nSPS) is 20.8. The molecule has 2 N–H and O–H groups in total. The molecule has 0 amide bonds. The van der Waals surface area contributed by atoms with Crippen LogP contribution in [0.2, 0.25) is 0 Å². The molecule has 2 aliphatic carbocycles. The lowest BCUT2D eigenvalue weighted by Crippen LogP contribution is -2.22. The molecule has 0 aliphatic heterocycles. The number of rotatable bonds is 6. The summed E-state index contributed by atoms with van der Waals surface area (Å²) in [6, 6.07) is 4.20. The number of aryl methyl sites for hydroxylation is 1. The van der Waals surface area contributed by atoms with E-state index in [0.29, 0.717) is 35.0 Å². The van der Waals surface area contributed by atoms with Crippen LogP contribution in [0.1, 0.15) is 43.7 Å². The van der Waals surface area contributed by atoms with Gasteiger partial charge in [-0.3, -0.25) is 4.79 Å². The third kappa shape index (κ3) is 4.00. The van der Waals surface area contributed by atoms with Gasteiger partial charge in [-0.25, -0.2) is 15.0 Å². The van der Waals surface area contributed by atoms with Crippen molar-refractivity contribution in [2.45, 2.75) is 50.1 Å². The largest absolute Gasteiger partial charge is 0.351 e. The molecular formula is C21H24N8O. The molecule has 154 valence electrons. The number of pyridine rings is 1. The highest BCUT2D eigenvalue weighted by molar-refractivity contribution is 5.60. The van der Waals surface area contributed by atoms with Crippen LogP contribution in [0.3, 0.4) is 0 Å². The quantitative estimate of drug-likeness (QED) is 0.644. The molecule has 0 radical (unpaired) electrons. The smallest absolute Gasteiger partial charge is 0.258 e. The van der Waals surface area contributed by atoms with Crippen molar-refractivity contribution in [1.82, 2.24) is 29.7 Å². The van der Waals surface area contributed by atoms with Crippen molar-refractivity contribution >= 4 is 11.9 Å². The fourth-order valence-electron chi connectivity index (χ4n) is 3.88. The minimum absolute atomic E-state index is 0.0617. The highest BCUT2D eigenvalue weighted by atomic mass is 16.1. The Kier molecular flexibility index (Phi) is 4.86. The van der Waals surface area contributed by atoms with Gasteiger partial charge in [0, 0.05) is 49.2 Å². The van der Waals surface area contributed by atoms with E-state index in [-0.39, 0.29) is 11.6 Å². The summed E-state index contributed by atoms with van der Waals surface area (Å²) in [5.41, 5.74) is 2.25. The predicted molar refractivity (Wildman–Crippen MR) is 113 cm³/mol. The second-order valence-electron chi connectivity index (χ2n) is 8.11. The summed E-state index contributed by atoms with van der Waals surface area (Å²) >= 11 is 0. The molecule has 2 saturated carbocycles. The topological polar surface area (TPSA) is 111 Å². The van der Waals surface area contributed by atoms with Crippen LogP contribution in [0.4, 0.5) is 11.9 Å². The Labute approximate surface area is 174 Å². The lowest BCUT2D eigenvalue weighted by Gasteiger charge is -2.14. The molecule has 3 aromatic rings. The van der Waals surface area contributed by atoms with Gasteiger partial charge in [0.25, 0.3) is 5.56 Å². The predicted octanol–water partition coefficient (Wildman–Crippen LogP) is 2.35. The van der Waals surface area contributed by atoms with Gasteiger partial charge in [0.2, 0.25) is 11.9 Å². The van der Waals surface area contributed by atoms with Gasteiger partial charge in [0.15, 0.2) is 0 Å². The first-order chi connectivity index (χ1) is 14.7. The fraction of sp³-hybridized carbons (Fsp3) is 0.429. The molecule has 9 heteroatoms. The van der Waals surface area contributed by atoms with Crippen molar-refractivity contribution in [3.05, 3.63) is 53.0 Å². The molecule has 0 aromatic carbocycles. The van der Waals surface area contributed by atoms with Gasteiger partial charge in [-0.2, -0.15) is 0 Å². The van der Waals surface area contributed by atoms with Crippen LogP contribution in [-0.2, 0) is 7.05 Å². The maximum atomic E-state index is 12.2. The van der Waals surface area contributed by atoms with Crippen LogP contribution in [0.5, 0.6) is 0 Å². The maximum Gasteiger partial charge on any atom is 0.258 e. The van der Waals surface area contributed by atoms with Gasteiger partial charge >= 0.3 is 0 Å². The minimum atomic E-state index is -0.0617. The molecule has 5 rings (SSSR count). The zero-order valence-electron chi connectivity index (χ0n) is 16.8. The minimum Gasteiger partial charge on any atom is -0.351 e. The molecule has 30 heavy (non-hydrogen) atoms. The maximum absolute atomic E-state index is 12.2. The highest BCUT2D eigenvalue weighted by Gasteiger charge is 2.27. The van der Waals surface area contributed by atoms with Crippen molar-refractivity contribution < 1.29 is 0 Å². The Hall–Kier alpha value is -3.36. The second kappa shape index (κ2) is 7.81. The Morgan fingerprint density at radius 1 is 0.933 bits per heavy atom. The molecular weight excluding hydrogens is 380 g/mol. The molecule has 3 heterocycles. The standard InChI is InChI=1S/C21H24N8O/c1-29-8-2-3-17(19(29)30)14-10-22-20(23-11-14)25-15-6-7-16(9-15)26-21-24-12-18(27-28-21)13-4-5-13/h2-3,8,10-13,15-16H,4-7,9H2,1H3,(H,22,23,25)(H,24,26,28)/t15-,16-/m0/s1. The van der Waals surface area contributed by atoms with E-state index in [0.717, 1.165) is 25.0 Å². The number of nitrogens with zero attached hydrogens (tertiary/aromatic N) is 6. The molecule has 0 unspecified atom stereocenters. The first kappa shape index (κ1) is 18.7. The first-order valence-electron chi connectivity index (χ1n) is 10.4. The zero-order chi connectivity index (χ0) is 20.5. The van der Waals surface area contributed by atoms with Crippen LogP contribution in [0, 0.1) is 0 Å². The van der Waals surface area contributed by atoms with Crippen LogP contribution in [0.15, 0.2) is 41.7 Å². The molecule has 2 atom stereocenters. The van der Waals surface area contributed by atoms with E-state index in [1.165, 1.54) is 12.8 Å². The van der Waals surface area contributed by atoms with Crippen molar-refractivity contribution in [3.63, 3.8) is 0 Å². The van der Waals surface area contributed by atoms with Gasteiger partial charge in [0.1, 0.15) is 0 Å². The summed E-state index contributed by atoms with van der Waals surface area (Å²) in [4.78, 5) is 25.5. The third-order valence-corrected chi connectivity index (χ3v) is 5.76. The van der Waals surface area contributed by atoms with E-state index in [1.54, 1.807) is 36.3 Å². The molecule has 0 saturated heterocycles. The molecule has 9 nitrogen and oxygen atoms in total. The van der Waals surface area contributed by atoms with Crippen LogP contribution >= 0.6 is 0 Å². The van der Waals surface area contributed by atoms with Crippen LogP contribution in [0.25, 0.3) is 11.1 Å². The van der Waals surface area contributed by atoms with Crippen molar-refractivity contribution in [2.24, 2.45) is 7.05 Å². The molecule has 2 aliphatic rings. The monoisotopic (exact) mass is 404 g/mol. The van der Waals surface area contributed by atoms with Gasteiger partial charge in [-0.15, -0.1) is 10.2 Å². The summed E-state index contributed by atoms with van der Waals surface area (Å²) < 4.78 is 1.55. The van der Waals surface area contributed by atoms with E-state index in [1.807, 2.05) is 12.3 Å². The number of hydrogen-bond acceptors (Lipinski definition) is 8. The highest BCUT2D eigenvalue weighted by Crippen LogP contribution is 2.38. The van der Waals surface area contributed by atoms with E-state index in [9.17, 15) is 4.79 Å². The summed E-state index contributed by atoms with van der Waals surface area (Å²) in [6.45, 7) is 0. The molecule has 0 bridgehead atoms. The Morgan fingerprint density at radius 2 is 1.63 bits per heavy atom. The Balaban J connectivity index is 1.17. The fourth-order valence-corrected chi connectivity index (χ4v) is 3.88. The van der Waals surface area contributed by atoms with Gasteiger partial charge in [0.05, 0.1) is 17.5 Å². The van der Waals surface area contributed by atoms with Gasteiger partial charge < -0.3 is 15.2 Å². The van der Waals surface area contributed by atoms with Crippen molar-refractivity contribution in [3.8, 4) is 11.1 Å². The van der Waals surface area contributed by atoms with E-state index >= 15 is 0 Å². The second-order valence-corrected chi connectivity index (χ2v) is 8.11. The zero-order valence-corrected chi connectivity index (χ0v) is 16.8. The molecule has 2 fully saturated rings. The average Bonchev–Trinajstić information content (AvgIpc) is 3.52. The van der Waals surface area contributed by atoms with Gasteiger partial charge in [-0.05, 0) is 44.2 Å². The van der Waals surface area contributed by atoms with Crippen LogP contribution in [-0.4, -0.2) is 41.8 Å². The van der Waals surface area contributed by atoms with E-state index in [2.05, 4.69) is 35.8 Å². The molecule has 0 spiro atoms. The summed E-state index contributed by atoms with van der Waals surface area (Å²) in [7, 11) is 1.73. The van der Waals surface area contributed by atoms with Crippen molar-refractivity contribution in [2.75, 3.05) is 10.6 Å². The summed E-state index contributed by atoms with van der Waals surface area (Å²) in [5, 5.41) is 15.3. The number of hydrogen-bond donors (Lipinski definition) is 2. The molecule has 3 aromatic heterocycles. The first-order valence-corrected chi connectivity index (χ1v) is 10.4. The summed E-state index contributed by atoms with van der Waals surface area (Å²) in [5.74, 6) is 1.73. The van der Waals surface area contributed by atoms with E-state index < -0.39 is 0 Å². The number of aromatic nitrogens is 6. The summed E-state index contributed by atoms with van der Waals surface area (Å²) in [6.07, 6.45) is 12.3. The van der Waals surface area contributed by atoms with Crippen molar-refractivity contribution in [1.29, 1.82) is 0 Å². The SMILES string of the molecule is Cn1cccc(-c2cnc(N[C@H]3CC[C@H](Nc4ncc(C5CC5)nn4)C3)nc2)c1=O. The van der Waals surface area contributed by atoms with Crippen LogP contribution < -0.4 is 16.2 Å². The third-order valence-electron chi connectivity index (χ3n) is 5.76. The number of anilines is 2. The Morgan fingerprint density at radius 3 is 2.30 bits per heavy atom. The Bertz CT molecular complexity index is 1080. The van der Waals surface area contributed by atoms with E-state index in [4.69, 9.17) is 0 Å². The average molecular weight is 404 g/mol.